The molecule has 1 aromatic carbocycles. The highest BCUT2D eigenvalue weighted by Gasteiger charge is 2.24. The highest BCUT2D eigenvalue weighted by Crippen LogP contribution is 2.22. The van der Waals surface area contributed by atoms with Crippen molar-refractivity contribution >= 4 is 27.8 Å². The van der Waals surface area contributed by atoms with Crippen LogP contribution in [0.5, 0.6) is 5.75 Å². The summed E-state index contributed by atoms with van der Waals surface area (Å²) in [6, 6.07) is 4.06. The average molecular weight is 358 g/mol. The molecule has 0 aromatic heterocycles. The number of nitrogens with one attached hydrogen (secondary N) is 1. The van der Waals surface area contributed by atoms with E-state index in [-0.39, 0.29) is 12.0 Å². The minimum Gasteiger partial charge on any atom is -0.491 e. The van der Waals surface area contributed by atoms with Gasteiger partial charge in [-0.15, -0.1) is 0 Å². The average Bonchev–Trinajstić information content (AvgIpc) is 2.33. The Morgan fingerprint density at radius 2 is 1.81 bits per heavy atom. The Labute approximate surface area is 132 Å². The van der Waals surface area contributed by atoms with Crippen molar-refractivity contribution in [3.8, 4) is 5.75 Å². The van der Waals surface area contributed by atoms with Gasteiger partial charge in [-0.3, -0.25) is 4.79 Å². The van der Waals surface area contributed by atoms with E-state index in [4.69, 9.17) is 9.84 Å². The van der Waals surface area contributed by atoms with Gasteiger partial charge in [-0.25, -0.2) is 4.79 Å². The summed E-state index contributed by atoms with van der Waals surface area (Å²) in [4.78, 5) is 23.3. The minimum atomic E-state index is -1.05. The Morgan fingerprint density at radius 3 is 2.29 bits per heavy atom. The maximum atomic E-state index is 12.2. The second-order valence-corrected chi connectivity index (χ2v) is 6.29. The molecule has 0 saturated heterocycles. The molecule has 0 unspecified atom stereocenters. The molecule has 0 aliphatic carbocycles. The lowest BCUT2D eigenvalue weighted by molar-refractivity contribution is -0.140. The molecule has 0 spiro atoms. The zero-order valence-electron chi connectivity index (χ0n) is 12.5. The number of hydrogen-bond acceptors (Lipinski definition) is 3. The number of halogens is 1. The fourth-order valence-corrected chi connectivity index (χ4v) is 2.24. The number of ether oxygens (including phenoxy) is 1. The van der Waals surface area contributed by atoms with Gasteiger partial charge in [0.25, 0.3) is 5.91 Å². The molecule has 1 rings (SSSR count). The number of carbonyl (C=O) groups is 2. The molecule has 1 amide bonds. The summed E-state index contributed by atoms with van der Waals surface area (Å²) in [6.07, 6.45) is -0.0161. The van der Waals surface area contributed by atoms with Gasteiger partial charge >= 0.3 is 5.97 Å². The predicted octanol–water partition coefficient (Wildman–Crippen LogP) is 3.08. The van der Waals surface area contributed by atoms with E-state index in [1.54, 1.807) is 32.0 Å². The third-order valence-corrected chi connectivity index (χ3v) is 3.18. The maximum Gasteiger partial charge on any atom is 0.326 e. The fraction of sp³-hybridized carbons (Fsp3) is 0.467. The van der Waals surface area contributed by atoms with Crippen molar-refractivity contribution in [3.63, 3.8) is 0 Å². The minimum absolute atomic E-state index is 0.0161. The second kappa shape index (κ2) is 7.45. The topological polar surface area (TPSA) is 75.6 Å². The van der Waals surface area contributed by atoms with Gasteiger partial charge < -0.3 is 15.2 Å². The van der Waals surface area contributed by atoms with Crippen molar-refractivity contribution in [2.24, 2.45) is 5.92 Å². The molecule has 116 valence electrons. The number of aliphatic carboxylic acids is 1. The molecule has 21 heavy (non-hydrogen) atoms. The van der Waals surface area contributed by atoms with Gasteiger partial charge in [0.1, 0.15) is 11.8 Å². The van der Waals surface area contributed by atoms with E-state index in [0.717, 1.165) is 0 Å². The molecule has 0 radical (unpaired) electrons. The van der Waals surface area contributed by atoms with Gasteiger partial charge in [0.15, 0.2) is 0 Å². The van der Waals surface area contributed by atoms with Gasteiger partial charge in [0, 0.05) is 10.0 Å². The standard InChI is InChI=1S/C15H20BrNO4/c1-8(2)13(15(19)20)17-14(18)10-5-11(16)7-12(6-10)21-9(3)4/h5-9,13H,1-4H3,(H,17,18)(H,19,20)/t13-/m0/s1. The van der Waals surface area contributed by atoms with E-state index in [2.05, 4.69) is 21.2 Å². The number of carboxylic acids is 1. The predicted molar refractivity (Wildman–Crippen MR) is 83.6 cm³/mol. The van der Waals surface area contributed by atoms with Crippen LogP contribution in [-0.4, -0.2) is 29.1 Å². The molecule has 1 aromatic rings. The Morgan fingerprint density at radius 1 is 1.19 bits per heavy atom. The van der Waals surface area contributed by atoms with Crippen LogP contribution >= 0.6 is 15.9 Å². The molecule has 0 saturated carbocycles. The van der Waals surface area contributed by atoms with Crippen LogP contribution < -0.4 is 10.1 Å². The van der Waals surface area contributed by atoms with Crippen molar-refractivity contribution in [2.75, 3.05) is 0 Å². The molecular formula is C15H20BrNO4. The highest BCUT2D eigenvalue weighted by atomic mass is 79.9. The van der Waals surface area contributed by atoms with Crippen molar-refractivity contribution in [2.45, 2.75) is 39.8 Å². The monoisotopic (exact) mass is 357 g/mol. The first-order chi connectivity index (χ1) is 9.70. The normalized spacial score (nSPS) is 12.3. The SMILES string of the molecule is CC(C)Oc1cc(Br)cc(C(=O)N[C@H](C(=O)O)C(C)C)c1. The van der Waals surface area contributed by atoms with Gasteiger partial charge in [-0.2, -0.15) is 0 Å². The fourth-order valence-electron chi connectivity index (χ4n) is 1.77. The summed E-state index contributed by atoms with van der Waals surface area (Å²) in [5.74, 6) is -1.14. The maximum absolute atomic E-state index is 12.2. The zero-order chi connectivity index (χ0) is 16.2. The van der Waals surface area contributed by atoms with Crippen LogP contribution in [0.1, 0.15) is 38.1 Å². The van der Waals surface area contributed by atoms with E-state index >= 15 is 0 Å². The molecule has 0 fully saturated rings. The van der Waals surface area contributed by atoms with Crippen LogP contribution in [0.15, 0.2) is 22.7 Å². The van der Waals surface area contributed by atoms with Crippen molar-refractivity contribution < 1.29 is 19.4 Å². The molecule has 0 aliphatic rings. The van der Waals surface area contributed by atoms with Gasteiger partial charge in [-0.05, 0) is 38.0 Å². The molecule has 1 atom stereocenters. The second-order valence-electron chi connectivity index (χ2n) is 5.38. The van der Waals surface area contributed by atoms with Crippen molar-refractivity contribution in [3.05, 3.63) is 28.2 Å². The first-order valence-electron chi connectivity index (χ1n) is 6.71. The Hall–Kier alpha value is -1.56. The number of benzene rings is 1. The van der Waals surface area contributed by atoms with E-state index in [1.165, 1.54) is 0 Å². The molecule has 0 heterocycles. The van der Waals surface area contributed by atoms with Crippen LogP contribution in [0.3, 0.4) is 0 Å². The van der Waals surface area contributed by atoms with E-state index in [9.17, 15) is 9.59 Å². The van der Waals surface area contributed by atoms with Gasteiger partial charge in [0.05, 0.1) is 6.10 Å². The first kappa shape index (κ1) is 17.5. The van der Waals surface area contributed by atoms with Crippen molar-refractivity contribution in [1.29, 1.82) is 0 Å². The summed E-state index contributed by atoms with van der Waals surface area (Å²) >= 11 is 3.32. The third-order valence-electron chi connectivity index (χ3n) is 2.72. The van der Waals surface area contributed by atoms with E-state index in [0.29, 0.717) is 15.8 Å². The molecular weight excluding hydrogens is 338 g/mol. The summed E-state index contributed by atoms with van der Waals surface area (Å²) < 4.78 is 6.26. The van der Waals surface area contributed by atoms with Gasteiger partial charge in [0.2, 0.25) is 0 Å². The summed E-state index contributed by atoms with van der Waals surface area (Å²) in [6.45, 7) is 7.26. The number of carboxylic acid groups (broad SMARTS) is 1. The number of rotatable bonds is 6. The molecule has 5 nitrogen and oxygen atoms in total. The molecule has 0 aliphatic heterocycles. The van der Waals surface area contributed by atoms with E-state index < -0.39 is 17.9 Å². The van der Waals surface area contributed by atoms with Crippen LogP contribution in [-0.2, 0) is 4.79 Å². The lowest BCUT2D eigenvalue weighted by Gasteiger charge is -2.18. The van der Waals surface area contributed by atoms with Gasteiger partial charge in [-0.1, -0.05) is 29.8 Å². The quantitative estimate of drug-likeness (QED) is 0.820. The van der Waals surface area contributed by atoms with Crippen molar-refractivity contribution in [1.82, 2.24) is 5.32 Å². The third kappa shape index (κ3) is 5.38. The van der Waals surface area contributed by atoms with Crippen LogP contribution in [0.4, 0.5) is 0 Å². The van der Waals surface area contributed by atoms with Crippen LogP contribution in [0.25, 0.3) is 0 Å². The summed E-state index contributed by atoms with van der Waals surface area (Å²) in [7, 11) is 0. The summed E-state index contributed by atoms with van der Waals surface area (Å²) in [5.41, 5.74) is 0.354. The lowest BCUT2D eigenvalue weighted by atomic mass is 10.0. The highest BCUT2D eigenvalue weighted by molar-refractivity contribution is 9.10. The van der Waals surface area contributed by atoms with Crippen LogP contribution in [0, 0.1) is 5.92 Å². The first-order valence-corrected chi connectivity index (χ1v) is 7.51. The zero-order valence-corrected chi connectivity index (χ0v) is 14.1. The Bertz CT molecular complexity index is 528. The van der Waals surface area contributed by atoms with E-state index in [1.807, 2.05) is 13.8 Å². The molecule has 2 N–H and O–H groups in total. The number of carbonyl (C=O) groups excluding carboxylic acids is 1. The number of amides is 1. The summed E-state index contributed by atoms with van der Waals surface area (Å²) in [5, 5.41) is 11.6. The molecule has 0 bridgehead atoms. The lowest BCUT2D eigenvalue weighted by Crippen LogP contribution is -2.44. The largest absolute Gasteiger partial charge is 0.491 e. The Balaban J connectivity index is 2.96. The number of hydrogen-bond donors (Lipinski definition) is 2. The molecule has 6 heteroatoms. The smallest absolute Gasteiger partial charge is 0.326 e. The van der Waals surface area contributed by atoms with Crippen LogP contribution in [0.2, 0.25) is 0 Å². The Kier molecular flexibility index (Phi) is 6.20.